The van der Waals surface area contributed by atoms with Crippen molar-refractivity contribution in [2.24, 2.45) is 21.8 Å². The Hall–Kier alpha value is -10.6. The van der Waals surface area contributed by atoms with E-state index in [-0.39, 0.29) is 60.5 Å². The molecule has 86 heavy (non-hydrogen) atoms. The third kappa shape index (κ3) is 10.7. The lowest BCUT2D eigenvalue weighted by atomic mass is 9.75. The Morgan fingerprint density at radius 1 is 0.419 bits per heavy atom. The Balaban J connectivity index is 1.01. The maximum absolute atomic E-state index is 15.2. The quantitative estimate of drug-likeness (QED) is 0.0378. The first-order valence-corrected chi connectivity index (χ1v) is 29.6. The number of nitrogens with zero attached hydrogens (tertiary/aromatic N) is 6. The van der Waals surface area contributed by atoms with Gasteiger partial charge in [0.2, 0.25) is 11.4 Å². The molecule has 0 radical (unpaired) electrons. The van der Waals surface area contributed by atoms with Gasteiger partial charge in [-0.25, -0.2) is 29.2 Å². The molecular weight excluding hydrogens is 1170 g/mol. The fourth-order valence-electron chi connectivity index (χ4n) is 10.0. The number of rotatable bonds is 16. The van der Waals surface area contributed by atoms with Gasteiger partial charge in [0, 0.05) is 63.4 Å². The van der Waals surface area contributed by atoms with Gasteiger partial charge in [-0.15, -0.1) is 45.3 Å². The molecule has 8 aromatic rings. The minimum atomic E-state index is -2.53. The lowest BCUT2D eigenvalue weighted by Crippen LogP contribution is -2.51. The Kier molecular flexibility index (Phi) is 15.6. The van der Waals surface area contributed by atoms with Gasteiger partial charge in [-0.05, 0) is 70.8 Å². The lowest BCUT2D eigenvalue weighted by Gasteiger charge is -2.41. The number of aliphatic imine (C=N–C) groups is 2. The van der Waals surface area contributed by atoms with Crippen LogP contribution < -0.4 is 0 Å². The summed E-state index contributed by atoms with van der Waals surface area (Å²) in [6.07, 6.45) is 7.44. The fourth-order valence-corrected chi connectivity index (χ4v) is 14.4. The topological polar surface area (TPSA) is 244 Å². The number of carbonyl (C=O) groups is 4. The normalized spacial score (nSPS) is 16.0. The molecule has 0 bridgehead atoms. The molecule has 0 fully saturated rings. The Bertz CT molecular complexity index is 3990. The molecule has 4 aromatic carbocycles. The van der Waals surface area contributed by atoms with Crippen molar-refractivity contribution in [2.75, 3.05) is 0 Å². The summed E-state index contributed by atoms with van der Waals surface area (Å²) >= 11 is 4.89. The summed E-state index contributed by atoms with van der Waals surface area (Å²) in [6, 6.07) is 53.3. The molecule has 4 aliphatic rings. The number of allylic oxidation sites excluding steroid dienone is 6. The predicted octanol–water partition coefficient (Wildman–Crippen LogP) is 13.4. The zero-order chi connectivity index (χ0) is 59.4. The van der Waals surface area contributed by atoms with Gasteiger partial charge in [0.05, 0.1) is 0 Å². The second kappa shape index (κ2) is 24.0. The van der Waals surface area contributed by atoms with Gasteiger partial charge in [0.15, 0.2) is 0 Å². The molecule has 2 atom stereocenters. The van der Waals surface area contributed by atoms with Gasteiger partial charge < -0.3 is 28.4 Å². The number of thiophene rings is 4. The molecule has 418 valence electrons. The molecule has 0 spiro atoms. The molecule has 2 aliphatic carbocycles. The summed E-state index contributed by atoms with van der Waals surface area (Å²) < 4.78 is 38.1. The summed E-state index contributed by atoms with van der Waals surface area (Å²) in [4.78, 5) is 72.7. The molecule has 2 unspecified atom stereocenters. The molecule has 20 heteroatoms. The molecule has 0 saturated carbocycles. The Morgan fingerprint density at radius 3 is 1.03 bits per heavy atom. The highest BCUT2D eigenvalue weighted by Gasteiger charge is 2.62. The number of fused-ring (bicyclic) bond motifs is 7. The zero-order valence-corrected chi connectivity index (χ0v) is 48.0. The van der Waals surface area contributed by atoms with E-state index >= 15 is 19.2 Å². The van der Waals surface area contributed by atoms with E-state index < -0.39 is 46.9 Å². The standard InChI is InChI=1S/C66H40N6O10S4/c67-31-45(32-68)71-57-23-21-53(83-57)55-29-49-59(85-55)47-25-44-28-52-48(26-43(44)27-51(47)81-65(49,61(73)77-35-39-13-5-1-6-14-39)62(74)78-36-40-15-7-2-8-16-40)60-50(30-56(86-60)54-22-24-58(84-54)72-46(33-69)34-70)66(82-52,63(75)79-37-41-17-9-3-10-18-41)64(76)80-38-42-19-11-4-12-20-42/h1-30,43-44H,35-38H2. The number of carbonyl (C=O) groups excluding carboxylic acids is 4. The maximum atomic E-state index is 15.2. The van der Waals surface area contributed by atoms with E-state index in [2.05, 4.69) is 9.98 Å². The van der Waals surface area contributed by atoms with Crippen molar-refractivity contribution in [2.45, 2.75) is 37.6 Å². The van der Waals surface area contributed by atoms with E-state index in [9.17, 15) is 21.0 Å². The van der Waals surface area contributed by atoms with E-state index in [1.54, 1.807) is 170 Å². The van der Waals surface area contributed by atoms with E-state index in [0.717, 1.165) is 0 Å². The van der Waals surface area contributed by atoms with Crippen LogP contribution >= 0.6 is 45.3 Å². The van der Waals surface area contributed by atoms with Gasteiger partial charge in [0.25, 0.3) is 0 Å². The van der Waals surface area contributed by atoms with E-state index in [4.69, 9.17) is 28.4 Å². The fraction of sp³-hybridized carbons (Fsp3) is 0.121. The van der Waals surface area contributed by atoms with Crippen molar-refractivity contribution in [3.63, 3.8) is 0 Å². The lowest BCUT2D eigenvalue weighted by molar-refractivity contribution is -0.191. The number of esters is 4. The molecule has 0 amide bonds. The third-order valence-corrected chi connectivity index (χ3v) is 18.8. The van der Waals surface area contributed by atoms with Crippen molar-refractivity contribution in [1.29, 1.82) is 21.0 Å². The van der Waals surface area contributed by atoms with E-state index in [1.807, 2.05) is 36.4 Å². The minimum Gasteiger partial charge on any atom is -0.459 e. The monoisotopic (exact) mass is 1200 g/mol. The van der Waals surface area contributed by atoms with Crippen molar-refractivity contribution in [3.8, 4) is 43.8 Å². The van der Waals surface area contributed by atoms with E-state index in [1.165, 1.54) is 45.3 Å². The van der Waals surface area contributed by atoms with Gasteiger partial charge in [0.1, 0.15) is 72.2 Å². The minimum absolute atomic E-state index is 0.133. The molecule has 0 N–H and O–H groups in total. The van der Waals surface area contributed by atoms with Gasteiger partial charge >= 0.3 is 35.1 Å². The van der Waals surface area contributed by atoms with Crippen LogP contribution in [0.4, 0.5) is 10.0 Å². The molecule has 4 aromatic heterocycles. The molecule has 16 nitrogen and oxygen atoms in total. The first-order chi connectivity index (χ1) is 42.0. The largest absolute Gasteiger partial charge is 0.459 e. The molecular formula is C66H40N6O10S4. The highest BCUT2D eigenvalue weighted by atomic mass is 32.1. The predicted molar refractivity (Wildman–Crippen MR) is 321 cm³/mol. The first-order valence-electron chi connectivity index (χ1n) is 26.4. The summed E-state index contributed by atoms with van der Waals surface area (Å²) in [7, 11) is 0. The summed E-state index contributed by atoms with van der Waals surface area (Å²) in [5.74, 6) is -4.99. The van der Waals surface area contributed by atoms with Crippen LogP contribution in [0.15, 0.2) is 204 Å². The van der Waals surface area contributed by atoms with Crippen molar-refractivity contribution < 1.29 is 47.6 Å². The number of hydrogen-bond acceptors (Lipinski definition) is 20. The smallest absolute Gasteiger partial charge is 0.367 e. The van der Waals surface area contributed by atoms with Crippen LogP contribution in [0.25, 0.3) is 30.7 Å². The van der Waals surface area contributed by atoms with Crippen LogP contribution in [0.3, 0.4) is 0 Å². The highest BCUT2D eigenvalue weighted by Crippen LogP contribution is 2.58. The van der Waals surface area contributed by atoms with E-state index in [0.29, 0.717) is 72.7 Å². The number of hydrogen-bond donors (Lipinski definition) is 0. The number of nitriles is 4. The zero-order valence-electron chi connectivity index (χ0n) is 44.7. The van der Waals surface area contributed by atoms with Crippen LogP contribution in [0.1, 0.15) is 43.1 Å². The Labute approximate surface area is 507 Å². The van der Waals surface area contributed by atoms with Crippen LogP contribution in [-0.4, -0.2) is 35.3 Å². The second-order valence-corrected chi connectivity index (χ2v) is 23.8. The van der Waals surface area contributed by atoms with Crippen LogP contribution in [0, 0.1) is 57.2 Å². The molecule has 12 rings (SSSR count). The van der Waals surface area contributed by atoms with Gasteiger partial charge in [-0.3, -0.25) is 0 Å². The number of ether oxygens (including phenoxy) is 6. The average molecular weight is 1210 g/mol. The van der Waals surface area contributed by atoms with Crippen LogP contribution in [0.5, 0.6) is 0 Å². The Morgan fingerprint density at radius 2 is 0.733 bits per heavy atom. The van der Waals surface area contributed by atoms with Crippen molar-refractivity contribution >= 4 is 102 Å². The average Bonchev–Trinajstić information content (AvgIpc) is 1.49. The summed E-state index contributed by atoms with van der Waals surface area (Å²) in [5.41, 5.74) is -1.89. The SMILES string of the molecule is N#CC(C#N)=Nc1ccc(-c2cc3c(s2)C2=CC4C=C5OC(C(=O)OCc6ccccc6)(C(=O)OCc6ccccc6)c6cc(-c7ccc(N=C(C#N)C#N)s7)sc6C5=CC4C=C2OC3(C(=O)OCc2ccccc2)C(=O)OCc2ccccc2)s1. The molecule has 2 aliphatic heterocycles. The second-order valence-electron chi connectivity index (χ2n) is 19.5. The summed E-state index contributed by atoms with van der Waals surface area (Å²) in [6.45, 7) is -0.855. The first kappa shape index (κ1) is 55.9. The molecule has 0 saturated heterocycles. The van der Waals surface area contributed by atoms with Crippen LogP contribution in [-0.2, 0) is 85.2 Å². The molecule has 6 heterocycles. The number of benzene rings is 4. The third-order valence-electron chi connectivity index (χ3n) is 14.2. The maximum Gasteiger partial charge on any atom is 0.367 e. The van der Waals surface area contributed by atoms with Crippen molar-refractivity contribution in [1.82, 2.24) is 0 Å². The van der Waals surface area contributed by atoms with Crippen LogP contribution in [0.2, 0.25) is 0 Å². The van der Waals surface area contributed by atoms with Gasteiger partial charge in [-0.2, -0.15) is 21.0 Å². The highest BCUT2D eigenvalue weighted by molar-refractivity contribution is 7.25. The summed E-state index contributed by atoms with van der Waals surface area (Å²) in [5, 5.41) is 38.8. The van der Waals surface area contributed by atoms with Crippen molar-refractivity contribution in [3.05, 3.63) is 237 Å². The van der Waals surface area contributed by atoms with Gasteiger partial charge in [-0.1, -0.05) is 133 Å².